The first-order valence-corrected chi connectivity index (χ1v) is 4.76. The van der Waals surface area contributed by atoms with Crippen LogP contribution in [0.15, 0.2) is 12.1 Å². The summed E-state index contributed by atoms with van der Waals surface area (Å²) in [5.74, 6) is 1.14. The number of halogens is 1. The minimum atomic E-state index is 0.320. The Kier molecular flexibility index (Phi) is 4.20. The van der Waals surface area contributed by atoms with Crippen molar-refractivity contribution in [1.29, 1.82) is 0 Å². The molecule has 4 nitrogen and oxygen atoms in total. The summed E-state index contributed by atoms with van der Waals surface area (Å²) in [6, 6.07) is 3.40. The van der Waals surface area contributed by atoms with Crippen molar-refractivity contribution >= 4 is 11.6 Å². The van der Waals surface area contributed by atoms with Gasteiger partial charge in [-0.3, -0.25) is 0 Å². The summed E-state index contributed by atoms with van der Waals surface area (Å²) in [6.07, 6.45) is 0. The number of benzene rings is 1. The summed E-state index contributed by atoms with van der Waals surface area (Å²) in [5, 5.41) is 10.8. The largest absolute Gasteiger partial charge is 0.493 e. The van der Waals surface area contributed by atoms with Crippen molar-refractivity contribution in [2.45, 2.75) is 6.54 Å². The Morgan fingerprint density at radius 1 is 1.33 bits per heavy atom. The Balaban J connectivity index is 3.16. The molecule has 15 heavy (non-hydrogen) atoms. The van der Waals surface area contributed by atoms with Crippen LogP contribution >= 0.6 is 11.6 Å². The molecule has 84 valence electrons. The molecule has 0 aliphatic rings. The first kappa shape index (κ1) is 12.1. The van der Waals surface area contributed by atoms with Crippen LogP contribution in [0.1, 0.15) is 5.56 Å². The number of ether oxygens (including phenoxy) is 2. The lowest BCUT2D eigenvalue weighted by Crippen LogP contribution is -2.12. The molecule has 0 spiro atoms. The van der Waals surface area contributed by atoms with E-state index in [2.05, 4.69) is 0 Å². The number of rotatable bonds is 4. The molecular formula is C10H14ClNO3. The Labute approximate surface area is 93.9 Å². The zero-order valence-electron chi connectivity index (χ0n) is 8.95. The zero-order valence-corrected chi connectivity index (χ0v) is 9.71. The molecular weight excluding hydrogens is 218 g/mol. The highest BCUT2D eigenvalue weighted by Crippen LogP contribution is 2.34. The monoisotopic (exact) mass is 231 g/mol. The van der Waals surface area contributed by atoms with Crippen LogP contribution < -0.4 is 9.47 Å². The molecule has 1 aromatic carbocycles. The van der Waals surface area contributed by atoms with E-state index in [0.29, 0.717) is 23.1 Å². The maximum Gasteiger partial charge on any atom is 0.165 e. The molecule has 0 fully saturated rings. The lowest BCUT2D eigenvalue weighted by Gasteiger charge is -2.15. The second-order valence-corrected chi connectivity index (χ2v) is 3.55. The molecule has 0 aliphatic heterocycles. The smallest absolute Gasteiger partial charge is 0.165 e. The molecule has 0 saturated heterocycles. The minimum absolute atomic E-state index is 0.320. The first-order valence-electron chi connectivity index (χ1n) is 4.39. The SMILES string of the molecule is COc1cc(Cl)cc(CN(C)O)c1OC. The Bertz CT molecular complexity index is 342. The van der Waals surface area contributed by atoms with Crippen molar-refractivity contribution in [1.82, 2.24) is 5.06 Å². The third kappa shape index (κ3) is 2.99. The highest BCUT2D eigenvalue weighted by molar-refractivity contribution is 6.30. The number of nitrogens with zero attached hydrogens (tertiary/aromatic N) is 1. The summed E-state index contributed by atoms with van der Waals surface area (Å²) in [6.45, 7) is 0.320. The van der Waals surface area contributed by atoms with Gasteiger partial charge in [-0.05, 0) is 6.07 Å². The number of hydrogen-bond acceptors (Lipinski definition) is 4. The van der Waals surface area contributed by atoms with Crippen LogP contribution in [0.25, 0.3) is 0 Å². The van der Waals surface area contributed by atoms with Gasteiger partial charge in [-0.2, -0.15) is 5.06 Å². The van der Waals surface area contributed by atoms with Gasteiger partial charge in [-0.15, -0.1) is 0 Å². The third-order valence-corrected chi connectivity index (χ3v) is 2.14. The van der Waals surface area contributed by atoms with Crippen LogP contribution in [0.2, 0.25) is 5.02 Å². The molecule has 0 aliphatic carbocycles. The standard InChI is InChI=1S/C10H14ClNO3/c1-12(13)6-7-4-8(11)5-9(14-2)10(7)15-3/h4-5,13H,6H2,1-3H3. The van der Waals surface area contributed by atoms with E-state index in [1.165, 1.54) is 0 Å². The van der Waals surface area contributed by atoms with Gasteiger partial charge in [-0.1, -0.05) is 11.6 Å². The van der Waals surface area contributed by atoms with Crippen LogP contribution in [-0.2, 0) is 6.54 Å². The lowest BCUT2D eigenvalue weighted by atomic mass is 10.2. The summed E-state index contributed by atoms with van der Waals surface area (Å²) in [7, 11) is 4.64. The Hall–Kier alpha value is -0.970. The van der Waals surface area contributed by atoms with Crippen molar-refractivity contribution in [3.63, 3.8) is 0 Å². The summed E-state index contributed by atoms with van der Waals surface area (Å²) in [4.78, 5) is 0. The summed E-state index contributed by atoms with van der Waals surface area (Å²) < 4.78 is 10.3. The first-order chi connectivity index (χ1) is 7.08. The Morgan fingerprint density at radius 3 is 2.47 bits per heavy atom. The van der Waals surface area contributed by atoms with E-state index in [4.69, 9.17) is 21.1 Å². The van der Waals surface area contributed by atoms with E-state index in [1.807, 2.05) is 0 Å². The van der Waals surface area contributed by atoms with Gasteiger partial charge in [0.25, 0.3) is 0 Å². The average Bonchev–Trinajstić information content (AvgIpc) is 2.15. The molecule has 1 aromatic rings. The van der Waals surface area contributed by atoms with Gasteiger partial charge in [0.05, 0.1) is 20.8 Å². The van der Waals surface area contributed by atoms with E-state index >= 15 is 0 Å². The minimum Gasteiger partial charge on any atom is -0.493 e. The fourth-order valence-corrected chi connectivity index (χ4v) is 1.60. The Morgan fingerprint density at radius 2 is 2.00 bits per heavy atom. The molecule has 0 bridgehead atoms. The highest BCUT2D eigenvalue weighted by atomic mass is 35.5. The highest BCUT2D eigenvalue weighted by Gasteiger charge is 2.12. The van der Waals surface area contributed by atoms with Crippen molar-refractivity contribution in [3.05, 3.63) is 22.7 Å². The molecule has 0 aromatic heterocycles. The normalized spacial score (nSPS) is 10.5. The number of methoxy groups -OCH3 is 2. The fourth-order valence-electron chi connectivity index (χ4n) is 1.37. The summed E-state index contributed by atoms with van der Waals surface area (Å²) >= 11 is 5.91. The van der Waals surface area contributed by atoms with Gasteiger partial charge in [-0.25, -0.2) is 0 Å². The van der Waals surface area contributed by atoms with Gasteiger partial charge in [0, 0.05) is 23.7 Å². The van der Waals surface area contributed by atoms with Crippen molar-refractivity contribution < 1.29 is 14.7 Å². The van der Waals surface area contributed by atoms with Gasteiger partial charge in [0.2, 0.25) is 0 Å². The van der Waals surface area contributed by atoms with E-state index in [9.17, 15) is 5.21 Å². The molecule has 0 atom stereocenters. The number of hydroxylamine groups is 2. The topological polar surface area (TPSA) is 41.9 Å². The van der Waals surface area contributed by atoms with E-state index in [0.717, 1.165) is 10.6 Å². The molecule has 1 rings (SSSR count). The van der Waals surface area contributed by atoms with Gasteiger partial charge in [0.1, 0.15) is 0 Å². The molecule has 5 heteroatoms. The van der Waals surface area contributed by atoms with E-state index < -0.39 is 0 Å². The molecule has 0 unspecified atom stereocenters. The molecule has 0 heterocycles. The van der Waals surface area contributed by atoms with Crippen molar-refractivity contribution in [2.75, 3.05) is 21.3 Å². The van der Waals surface area contributed by atoms with Crippen LogP contribution in [-0.4, -0.2) is 31.5 Å². The molecule has 0 saturated carbocycles. The van der Waals surface area contributed by atoms with Crippen LogP contribution in [0.3, 0.4) is 0 Å². The third-order valence-electron chi connectivity index (χ3n) is 1.92. The second kappa shape index (κ2) is 5.21. The molecule has 1 N–H and O–H groups in total. The predicted molar refractivity (Wildman–Crippen MR) is 57.8 cm³/mol. The molecule has 0 radical (unpaired) electrons. The predicted octanol–water partition coefficient (Wildman–Crippen LogP) is 2.18. The maximum atomic E-state index is 9.17. The van der Waals surface area contributed by atoms with Crippen LogP contribution in [0.5, 0.6) is 11.5 Å². The fraction of sp³-hybridized carbons (Fsp3) is 0.400. The van der Waals surface area contributed by atoms with Crippen molar-refractivity contribution in [2.24, 2.45) is 0 Å². The van der Waals surface area contributed by atoms with Crippen molar-refractivity contribution in [3.8, 4) is 11.5 Å². The van der Waals surface area contributed by atoms with Gasteiger partial charge >= 0.3 is 0 Å². The lowest BCUT2D eigenvalue weighted by molar-refractivity contribution is -0.0735. The molecule has 0 amide bonds. The van der Waals surface area contributed by atoms with Gasteiger partial charge < -0.3 is 14.7 Å². The van der Waals surface area contributed by atoms with E-state index in [1.54, 1.807) is 33.4 Å². The number of hydrogen-bond donors (Lipinski definition) is 1. The second-order valence-electron chi connectivity index (χ2n) is 3.12. The van der Waals surface area contributed by atoms with Gasteiger partial charge in [0.15, 0.2) is 11.5 Å². The maximum absolute atomic E-state index is 9.17. The zero-order chi connectivity index (χ0) is 11.4. The summed E-state index contributed by atoms with van der Waals surface area (Å²) in [5.41, 5.74) is 0.770. The van der Waals surface area contributed by atoms with Crippen LogP contribution in [0.4, 0.5) is 0 Å². The quantitative estimate of drug-likeness (QED) is 0.807. The van der Waals surface area contributed by atoms with E-state index in [-0.39, 0.29) is 0 Å². The van der Waals surface area contributed by atoms with Crippen LogP contribution in [0, 0.1) is 0 Å². The average molecular weight is 232 g/mol.